The SMILES string of the molecule is Cc1cc(C(=O)C(C)O)cnc1C. The molecule has 0 aliphatic rings. The Bertz CT molecular complexity index is 332. The van der Waals surface area contributed by atoms with Crippen LogP contribution in [-0.2, 0) is 0 Å². The van der Waals surface area contributed by atoms with Crippen LogP contribution in [-0.4, -0.2) is 22.0 Å². The van der Waals surface area contributed by atoms with E-state index in [1.807, 2.05) is 13.8 Å². The minimum absolute atomic E-state index is 0.282. The van der Waals surface area contributed by atoms with Crippen molar-refractivity contribution < 1.29 is 9.90 Å². The van der Waals surface area contributed by atoms with Crippen LogP contribution < -0.4 is 0 Å². The molecule has 13 heavy (non-hydrogen) atoms. The first-order valence-corrected chi connectivity index (χ1v) is 4.18. The first-order valence-electron chi connectivity index (χ1n) is 4.18. The van der Waals surface area contributed by atoms with E-state index in [1.165, 1.54) is 13.1 Å². The summed E-state index contributed by atoms with van der Waals surface area (Å²) >= 11 is 0. The predicted molar refractivity (Wildman–Crippen MR) is 49.7 cm³/mol. The molecule has 0 saturated heterocycles. The fourth-order valence-electron chi connectivity index (χ4n) is 1.02. The van der Waals surface area contributed by atoms with Gasteiger partial charge in [-0.3, -0.25) is 9.78 Å². The molecule has 70 valence electrons. The van der Waals surface area contributed by atoms with Crippen LogP contribution in [0.4, 0.5) is 0 Å². The molecule has 1 atom stereocenters. The highest BCUT2D eigenvalue weighted by Gasteiger charge is 2.12. The maximum atomic E-state index is 11.3. The van der Waals surface area contributed by atoms with Gasteiger partial charge in [-0.05, 0) is 32.4 Å². The summed E-state index contributed by atoms with van der Waals surface area (Å²) in [7, 11) is 0. The minimum Gasteiger partial charge on any atom is -0.385 e. The van der Waals surface area contributed by atoms with E-state index in [9.17, 15) is 4.79 Å². The molecule has 0 radical (unpaired) electrons. The van der Waals surface area contributed by atoms with Crippen molar-refractivity contribution in [3.05, 3.63) is 29.1 Å². The van der Waals surface area contributed by atoms with Gasteiger partial charge in [0, 0.05) is 17.5 Å². The smallest absolute Gasteiger partial charge is 0.192 e. The number of Topliss-reactive ketones (excluding diaryl/α,β-unsaturated/α-hetero) is 1. The number of hydrogen-bond acceptors (Lipinski definition) is 3. The molecule has 3 heteroatoms. The van der Waals surface area contributed by atoms with E-state index in [-0.39, 0.29) is 5.78 Å². The van der Waals surface area contributed by atoms with Crippen LogP contribution >= 0.6 is 0 Å². The van der Waals surface area contributed by atoms with Crippen LogP contribution in [0.15, 0.2) is 12.3 Å². The number of pyridine rings is 1. The van der Waals surface area contributed by atoms with Gasteiger partial charge >= 0.3 is 0 Å². The highest BCUT2D eigenvalue weighted by Crippen LogP contribution is 2.08. The number of hydrogen-bond donors (Lipinski definition) is 1. The first kappa shape index (κ1) is 9.86. The van der Waals surface area contributed by atoms with Crippen LogP contribution in [0.2, 0.25) is 0 Å². The van der Waals surface area contributed by atoms with Crippen molar-refractivity contribution in [1.29, 1.82) is 0 Å². The molecule has 0 aliphatic carbocycles. The molecule has 0 aliphatic heterocycles. The molecule has 0 bridgehead atoms. The number of aryl methyl sites for hydroxylation is 2. The van der Waals surface area contributed by atoms with Crippen LogP contribution in [0.1, 0.15) is 28.5 Å². The highest BCUT2D eigenvalue weighted by atomic mass is 16.3. The van der Waals surface area contributed by atoms with E-state index in [2.05, 4.69) is 4.98 Å². The number of aliphatic hydroxyl groups is 1. The van der Waals surface area contributed by atoms with Gasteiger partial charge < -0.3 is 5.11 Å². The summed E-state index contributed by atoms with van der Waals surface area (Å²) in [5, 5.41) is 9.06. The van der Waals surface area contributed by atoms with E-state index in [0.717, 1.165) is 11.3 Å². The Labute approximate surface area is 77.4 Å². The van der Waals surface area contributed by atoms with Crippen molar-refractivity contribution in [2.24, 2.45) is 0 Å². The quantitative estimate of drug-likeness (QED) is 0.695. The van der Waals surface area contributed by atoms with Crippen molar-refractivity contribution in [2.75, 3.05) is 0 Å². The molecule has 1 heterocycles. The summed E-state index contributed by atoms with van der Waals surface area (Å²) in [6, 6.07) is 1.75. The van der Waals surface area contributed by atoms with Gasteiger partial charge in [0.05, 0.1) is 0 Å². The summed E-state index contributed by atoms with van der Waals surface area (Å²) in [6.45, 7) is 5.23. The summed E-state index contributed by atoms with van der Waals surface area (Å²) < 4.78 is 0. The van der Waals surface area contributed by atoms with Crippen LogP contribution in [0.25, 0.3) is 0 Å². The molecular formula is C10H13NO2. The van der Waals surface area contributed by atoms with Gasteiger partial charge in [-0.1, -0.05) is 0 Å². The fourth-order valence-corrected chi connectivity index (χ4v) is 1.02. The lowest BCUT2D eigenvalue weighted by Gasteiger charge is -2.05. The number of nitrogens with zero attached hydrogens (tertiary/aromatic N) is 1. The number of rotatable bonds is 2. The van der Waals surface area contributed by atoms with Crippen molar-refractivity contribution in [2.45, 2.75) is 26.9 Å². The third-order valence-electron chi connectivity index (χ3n) is 2.00. The normalized spacial score (nSPS) is 12.6. The molecule has 0 aromatic carbocycles. The van der Waals surface area contributed by atoms with Crippen molar-refractivity contribution in [1.82, 2.24) is 4.98 Å². The predicted octanol–water partition coefficient (Wildman–Crippen LogP) is 1.26. The Hall–Kier alpha value is -1.22. The monoisotopic (exact) mass is 179 g/mol. The van der Waals surface area contributed by atoms with E-state index in [0.29, 0.717) is 5.56 Å². The minimum atomic E-state index is -0.955. The summed E-state index contributed by atoms with van der Waals surface area (Å²) in [4.78, 5) is 15.4. The maximum Gasteiger partial charge on any atom is 0.192 e. The summed E-state index contributed by atoms with van der Waals surface area (Å²) in [6.07, 6.45) is 0.543. The lowest BCUT2D eigenvalue weighted by molar-refractivity contribution is 0.0779. The average Bonchev–Trinajstić information content (AvgIpc) is 2.08. The van der Waals surface area contributed by atoms with E-state index in [4.69, 9.17) is 5.11 Å². The largest absolute Gasteiger partial charge is 0.385 e. The number of carbonyl (C=O) groups is 1. The topological polar surface area (TPSA) is 50.2 Å². The molecule has 1 N–H and O–H groups in total. The molecule has 0 spiro atoms. The van der Waals surface area contributed by atoms with Gasteiger partial charge in [0.15, 0.2) is 5.78 Å². The second-order valence-corrected chi connectivity index (χ2v) is 3.17. The van der Waals surface area contributed by atoms with Crippen molar-refractivity contribution in [3.8, 4) is 0 Å². The lowest BCUT2D eigenvalue weighted by atomic mass is 10.1. The number of ketones is 1. The summed E-state index contributed by atoms with van der Waals surface area (Å²) in [5.74, 6) is -0.282. The number of carbonyl (C=O) groups excluding carboxylic acids is 1. The van der Waals surface area contributed by atoms with E-state index < -0.39 is 6.10 Å². The maximum absolute atomic E-state index is 11.3. The van der Waals surface area contributed by atoms with Crippen LogP contribution in [0, 0.1) is 13.8 Å². The molecule has 1 rings (SSSR count). The Kier molecular flexibility index (Phi) is 2.78. The molecule has 0 fully saturated rings. The second kappa shape index (κ2) is 3.66. The molecule has 0 saturated carbocycles. The zero-order valence-corrected chi connectivity index (χ0v) is 8.03. The van der Waals surface area contributed by atoms with Crippen molar-refractivity contribution >= 4 is 5.78 Å². The van der Waals surface area contributed by atoms with Gasteiger partial charge in [0.1, 0.15) is 6.10 Å². The second-order valence-electron chi connectivity index (χ2n) is 3.17. The third kappa shape index (κ3) is 2.12. The Morgan fingerprint density at radius 3 is 2.62 bits per heavy atom. The average molecular weight is 179 g/mol. The Balaban J connectivity index is 3.04. The Morgan fingerprint density at radius 2 is 2.15 bits per heavy atom. The highest BCUT2D eigenvalue weighted by molar-refractivity contribution is 5.98. The van der Waals surface area contributed by atoms with E-state index in [1.54, 1.807) is 6.07 Å². The fraction of sp³-hybridized carbons (Fsp3) is 0.400. The summed E-state index contributed by atoms with van der Waals surface area (Å²) in [5.41, 5.74) is 2.34. The standard InChI is InChI=1S/C10H13NO2/c1-6-4-9(5-11-7(6)2)10(13)8(3)12/h4-5,8,12H,1-3H3. The molecule has 3 nitrogen and oxygen atoms in total. The molecule has 1 unspecified atom stereocenters. The first-order chi connectivity index (χ1) is 6.02. The zero-order chi connectivity index (χ0) is 10.0. The van der Waals surface area contributed by atoms with Gasteiger partial charge in [0.25, 0.3) is 0 Å². The number of aliphatic hydroxyl groups excluding tert-OH is 1. The number of aromatic nitrogens is 1. The van der Waals surface area contributed by atoms with Crippen LogP contribution in [0.5, 0.6) is 0 Å². The lowest BCUT2D eigenvalue weighted by Crippen LogP contribution is -2.16. The van der Waals surface area contributed by atoms with Gasteiger partial charge in [-0.15, -0.1) is 0 Å². The van der Waals surface area contributed by atoms with E-state index >= 15 is 0 Å². The molecule has 1 aromatic rings. The Morgan fingerprint density at radius 1 is 1.54 bits per heavy atom. The molecule has 0 amide bonds. The zero-order valence-electron chi connectivity index (χ0n) is 8.03. The molecule has 1 aromatic heterocycles. The van der Waals surface area contributed by atoms with Gasteiger partial charge in [-0.2, -0.15) is 0 Å². The van der Waals surface area contributed by atoms with Gasteiger partial charge in [0.2, 0.25) is 0 Å². The van der Waals surface area contributed by atoms with Crippen LogP contribution in [0.3, 0.4) is 0 Å². The van der Waals surface area contributed by atoms with Gasteiger partial charge in [-0.25, -0.2) is 0 Å². The molecular weight excluding hydrogens is 166 g/mol. The third-order valence-corrected chi connectivity index (χ3v) is 2.00. The van der Waals surface area contributed by atoms with Crippen molar-refractivity contribution in [3.63, 3.8) is 0 Å².